The van der Waals surface area contributed by atoms with Crippen LogP contribution in [0, 0.1) is 5.41 Å². The molecule has 2 nitrogen and oxygen atoms in total. The van der Waals surface area contributed by atoms with E-state index >= 15 is 0 Å². The van der Waals surface area contributed by atoms with E-state index in [-0.39, 0.29) is 11.5 Å². The normalized spacial score (nSPS) is 21.6. The second kappa shape index (κ2) is 4.93. The minimum atomic E-state index is 0.138. The first-order valence-electron chi connectivity index (χ1n) is 7.02. The summed E-state index contributed by atoms with van der Waals surface area (Å²) in [5.74, 6) is 0. The van der Waals surface area contributed by atoms with Crippen molar-refractivity contribution in [3.05, 3.63) is 29.8 Å². The Morgan fingerprint density at radius 3 is 2.72 bits per heavy atom. The fourth-order valence-electron chi connectivity index (χ4n) is 2.58. The molecule has 1 aromatic carbocycles. The fraction of sp³-hybridized carbons (Fsp3) is 0.625. The fourth-order valence-corrected chi connectivity index (χ4v) is 2.58. The van der Waals surface area contributed by atoms with Gasteiger partial charge in [-0.1, -0.05) is 32.0 Å². The van der Waals surface area contributed by atoms with Gasteiger partial charge < -0.3 is 10.6 Å². The maximum absolute atomic E-state index is 6.13. The Kier molecular flexibility index (Phi) is 3.67. The van der Waals surface area contributed by atoms with Crippen LogP contribution in [-0.4, -0.2) is 18.6 Å². The van der Waals surface area contributed by atoms with Gasteiger partial charge in [0, 0.05) is 24.3 Å². The van der Waals surface area contributed by atoms with E-state index in [0.29, 0.717) is 6.04 Å². The largest absolute Gasteiger partial charge is 0.368 e. The van der Waals surface area contributed by atoms with E-state index in [9.17, 15) is 0 Å². The average molecular weight is 246 g/mol. The monoisotopic (exact) mass is 246 g/mol. The maximum Gasteiger partial charge on any atom is 0.0401 e. The van der Waals surface area contributed by atoms with Gasteiger partial charge in [0.2, 0.25) is 0 Å². The van der Waals surface area contributed by atoms with Crippen molar-refractivity contribution in [2.75, 3.05) is 11.4 Å². The first-order chi connectivity index (χ1) is 8.42. The number of rotatable bonds is 3. The number of hydrogen-bond acceptors (Lipinski definition) is 2. The number of fused-ring (bicyclic) bond motifs is 1. The zero-order valence-electron chi connectivity index (χ0n) is 12.1. The highest BCUT2D eigenvalue weighted by atomic mass is 15.2. The lowest BCUT2D eigenvalue weighted by atomic mass is 9.83. The van der Waals surface area contributed by atoms with Crippen molar-refractivity contribution in [3.8, 4) is 0 Å². The van der Waals surface area contributed by atoms with Gasteiger partial charge >= 0.3 is 0 Å². The lowest BCUT2D eigenvalue weighted by Crippen LogP contribution is -2.48. The predicted molar refractivity (Wildman–Crippen MR) is 79.0 cm³/mol. The minimum Gasteiger partial charge on any atom is -0.368 e. The highest BCUT2D eigenvalue weighted by Crippen LogP contribution is 2.33. The molecule has 0 amide bonds. The van der Waals surface area contributed by atoms with Gasteiger partial charge in [0.1, 0.15) is 0 Å². The highest BCUT2D eigenvalue weighted by molar-refractivity contribution is 5.56. The molecule has 2 rings (SSSR count). The summed E-state index contributed by atoms with van der Waals surface area (Å²) in [5, 5.41) is 0. The SMILES string of the molecule is CC1CCc2ccccc2N1CC(C)(C)C(C)N. The van der Waals surface area contributed by atoms with Gasteiger partial charge in [-0.25, -0.2) is 0 Å². The molecule has 2 atom stereocenters. The third kappa shape index (κ3) is 2.54. The molecule has 1 aliphatic heterocycles. The molecule has 1 heterocycles. The number of aryl methyl sites for hydroxylation is 1. The summed E-state index contributed by atoms with van der Waals surface area (Å²) >= 11 is 0. The van der Waals surface area contributed by atoms with Crippen LogP contribution in [0.25, 0.3) is 0 Å². The van der Waals surface area contributed by atoms with Crippen molar-refractivity contribution in [2.45, 2.75) is 52.6 Å². The molecule has 0 bridgehead atoms. The van der Waals surface area contributed by atoms with Gasteiger partial charge in [0.15, 0.2) is 0 Å². The van der Waals surface area contributed by atoms with E-state index in [4.69, 9.17) is 5.73 Å². The van der Waals surface area contributed by atoms with E-state index in [1.807, 2.05) is 0 Å². The molecule has 2 heteroatoms. The molecule has 0 aliphatic carbocycles. The Balaban J connectivity index is 2.27. The molecule has 0 radical (unpaired) electrons. The van der Waals surface area contributed by atoms with Crippen LogP contribution in [0.3, 0.4) is 0 Å². The van der Waals surface area contributed by atoms with Crippen molar-refractivity contribution < 1.29 is 0 Å². The third-order valence-electron chi connectivity index (χ3n) is 4.48. The number of anilines is 1. The minimum absolute atomic E-state index is 0.138. The van der Waals surface area contributed by atoms with Crippen LogP contribution in [0.5, 0.6) is 0 Å². The van der Waals surface area contributed by atoms with Gasteiger partial charge in [0.05, 0.1) is 0 Å². The molecule has 0 saturated carbocycles. The molecule has 100 valence electrons. The van der Waals surface area contributed by atoms with Gasteiger partial charge in [0.25, 0.3) is 0 Å². The van der Waals surface area contributed by atoms with Crippen molar-refractivity contribution >= 4 is 5.69 Å². The maximum atomic E-state index is 6.13. The number of benzene rings is 1. The molecular formula is C16H26N2. The summed E-state index contributed by atoms with van der Waals surface area (Å²) in [5.41, 5.74) is 9.15. The zero-order chi connectivity index (χ0) is 13.3. The first kappa shape index (κ1) is 13.4. The van der Waals surface area contributed by atoms with E-state index in [1.165, 1.54) is 24.1 Å². The van der Waals surface area contributed by atoms with Crippen LogP contribution in [-0.2, 0) is 6.42 Å². The van der Waals surface area contributed by atoms with E-state index in [0.717, 1.165) is 6.54 Å². The van der Waals surface area contributed by atoms with Gasteiger partial charge in [-0.3, -0.25) is 0 Å². The van der Waals surface area contributed by atoms with E-state index in [1.54, 1.807) is 0 Å². The topological polar surface area (TPSA) is 29.3 Å². The number of nitrogens with two attached hydrogens (primary N) is 1. The number of hydrogen-bond donors (Lipinski definition) is 1. The second-order valence-electron chi connectivity index (χ2n) is 6.42. The number of nitrogens with zero attached hydrogens (tertiary/aromatic N) is 1. The average Bonchev–Trinajstić information content (AvgIpc) is 2.32. The molecule has 2 N–H and O–H groups in total. The van der Waals surface area contributed by atoms with Crippen LogP contribution in [0.15, 0.2) is 24.3 Å². The Morgan fingerprint density at radius 1 is 1.39 bits per heavy atom. The van der Waals surface area contributed by atoms with Crippen LogP contribution >= 0.6 is 0 Å². The molecule has 0 aromatic heterocycles. The van der Waals surface area contributed by atoms with Crippen LogP contribution in [0.1, 0.15) is 39.7 Å². The second-order valence-corrected chi connectivity index (χ2v) is 6.42. The molecule has 0 fully saturated rings. The Bertz CT molecular complexity index is 409. The Labute approximate surface area is 111 Å². The standard InChI is InChI=1S/C16H26N2/c1-12-9-10-14-7-5-6-8-15(14)18(12)11-16(3,4)13(2)17/h5-8,12-13H,9-11,17H2,1-4H3. The molecule has 2 unspecified atom stereocenters. The molecule has 0 saturated heterocycles. The molecule has 1 aliphatic rings. The summed E-state index contributed by atoms with van der Waals surface area (Å²) in [6.45, 7) is 10.00. The van der Waals surface area contributed by atoms with Gasteiger partial charge in [-0.2, -0.15) is 0 Å². The highest BCUT2D eigenvalue weighted by Gasteiger charge is 2.30. The quantitative estimate of drug-likeness (QED) is 0.887. The zero-order valence-corrected chi connectivity index (χ0v) is 12.1. The van der Waals surface area contributed by atoms with Crippen molar-refractivity contribution in [2.24, 2.45) is 11.1 Å². The smallest absolute Gasteiger partial charge is 0.0401 e. The van der Waals surface area contributed by atoms with Gasteiger partial charge in [-0.05, 0) is 43.7 Å². The van der Waals surface area contributed by atoms with Gasteiger partial charge in [-0.15, -0.1) is 0 Å². The van der Waals surface area contributed by atoms with Crippen molar-refractivity contribution in [1.82, 2.24) is 0 Å². The van der Waals surface area contributed by atoms with Crippen molar-refractivity contribution in [3.63, 3.8) is 0 Å². The third-order valence-corrected chi connectivity index (χ3v) is 4.48. The summed E-state index contributed by atoms with van der Waals surface area (Å²) in [7, 11) is 0. The summed E-state index contributed by atoms with van der Waals surface area (Å²) in [6, 6.07) is 9.61. The number of para-hydroxylation sites is 1. The lowest BCUT2D eigenvalue weighted by molar-refractivity contribution is 0.292. The Morgan fingerprint density at radius 2 is 2.06 bits per heavy atom. The lowest BCUT2D eigenvalue weighted by Gasteiger charge is -2.43. The molecule has 18 heavy (non-hydrogen) atoms. The predicted octanol–water partition coefficient (Wildman–Crippen LogP) is 3.20. The molecular weight excluding hydrogens is 220 g/mol. The van der Waals surface area contributed by atoms with E-state index < -0.39 is 0 Å². The summed E-state index contributed by atoms with van der Waals surface area (Å²) in [6.07, 6.45) is 2.44. The summed E-state index contributed by atoms with van der Waals surface area (Å²) < 4.78 is 0. The molecule has 1 aromatic rings. The van der Waals surface area contributed by atoms with Crippen LogP contribution in [0.2, 0.25) is 0 Å². The Hall–Kier alpha value is -1.02. The van der Waals surface area contributed by atoms with Crippen molar-refractivity contribution in [1.29, 1.82) is 0 Å². The first-order valence-corrected chi connectivity index (χ1v) is 7.02. The summed E-state index contributed by atoms with van der Waals surface area (Å²) in [4.78, 5) is 2.54. The van der Waals surface area contributed by atoms with E-state index in [2.05, 4.69) is 56.9 Å². The van der Waals surface area contributed by atoms with Crippen LogP contribution in [0.4, 0.5) is 5.69 Å². The van der Waals surface area contributed by atoms with Crippen LogP contribution < -0.4 is 10.6 Å². The molecule has 0 spiro atoms.